The largest absolute Gasteiger partial charge is 0.324 e. The molecule has 162 valence electrons. The molecule has 0 saturated carbocycles. The molecule has 7 nitrogen and oxygen atoms in total. The molecule has 0 unspecified atom stereocenters. The topological polar surface area (TPSA) is 80.5 Å². The molecule has 0 atom stereocenters. The number of aromatic nitrogens is 5. The van der Waals surface area contributed by atoms with Crippen LogP contribution in [0.2, 0.25) is 0 Å². The number of rotatable bonds is 6. The van der Waals surface area contributed by atoms with Gasteiger partial charge in [-0.15, -0.1) is 0 Å². The fourth-order valence-corrected chi connectivity index (χ4v) is 4.21. The van der Waals surface area contributed by atoms with E-state index in [-0.39, 0.29) is 0 Å². The van der Waals surface area contributed by atoms with Gasteiger partial charge < -0.3 is 10.6 Å². The van der Waals surface area contributed by atoms with Gasteiger partial charge in [-0.2, -0.15) is 5.10 Å². The molecule has 0 amide bonds. The van der Waals surface area contributed by atoms with Gasteiger partial charge >= 0.3 is 0 Å². The Morgan fingerprint density at radius 3 is 2.81 bits per heavy atom. The molecule has 0 aliphatic carbocycles. The van der Waals surface area contributed by atoms with Crippen LogP contribution in [0, 0.1) is 0 Å². The van der Waals surface area contributed by atoms with Gasteiger partial charge in [0.1, 0.15) is 5.69 Å². The number of aryl methyl sites for hydroxylation is 1. The van der Waals surface area contributed by atoms with Gasteiger partial charge in [-0.1, -0.05) is 12.1 Å². The first-order valence-electron chi connectivity index (χ1n) is 11.2. The van der Waals surface area contributed by atoms with Crippen molar-refractivity contribution < 1.29 is 0 Å². The van der Waals surface area contributed by atoms with Crippen LogP contribution in [0.15, 0.2) is 67.3 Å². The molecule has 4 aromatic rings. The van der Waals surface area contributed by atoms with Gasteiger partial charge in [-0.25, -0.2) is 9.97 Å². The summed E-state index contributed by atoms with van der Waals surface area (Å²) in [4.78, 5) is 13.5. The van der Waals surface area contributed by atoms with Gasteiger partial charge in [0.05, 0.1) is 5.69 Å². The van der Waals surface area contributed by atoms with E-state index in [0.29, 0.717) is 11.9 Å². The second kappa shape index (κ2) is 9.28. The summed E-state index contributed by atoms with van der Waals surface area (Å²) in [6.45, 7) is 5.02. The molecule has 4 heterocycles. The molecule has 0 spiro atoms. The van der Waals surface area contributed by atoms with Gasteiger partial charge in [0, 0.05) is 48.1 Å². The van der Waals surface area contributed by atoms with E-state index in [4.69, 9.17) is 10.1 Å². The van der Waals surface area contributed by atoms with E-state index in [1.54, 1.807) is 12.4 Å². The standard InChI is InChI=1S/C25H27N7/c1-2-32-17-22(24(31-32)20-6-4-11-27-16-20)23-10-14-28-25(30-23)29-21-7-3-5-19(15-21)18-8-12-26-13-9-18/h3-7,10-11,14-18,26H,2,8-9,12-13H2,1H3,(H,28,29,30). The Labute approximate surface area is 188 Å². The SMILES string of the molecule is CCn1cc(-c2ccnc(Nc3cccc(C4CCNCC4)c3)n2)c(-c2cccnc2)n1. The second-order valence-corrected chi connectivity index (χ2v) is 8.03. The summed E-state index contributed by atoms with van der Waals surface area (Å²) < 4.78 is 1.93. The molecule has 3 aromatic heterocycles. The number of hydrogen-bond acceptors (Lipinski definition) is 6. The third-order valence-electron chi connectivity index (χ3n) is 5.91. The van der Waals surface area contributed by atoms with E-state index in [1.807, 2.05) is 35.3 Å². The van der Waals surface area contributed by atoms with Crippen molar-refractivity contribution in [1.82, 2.24) is 30.0 Å². The van der Waals surface area contributed by atoms with Crippen LogP contribution in [0.4, 0.5) is 11.6 Å². The summed E-state index contributed by atoms with van der Waals surface area (Å²) in [6.07, 6.45) is 9.77. The number of nitrogens with zero attached hydrogens (tertiary/aromatic N) is 5. The van der Waals surface area contributed by atoms with Crippen LogP contribution in [0.1, 0.15) is 31.2 Å². The molecule has 1 aliphatic rings. The van der Waals surface area contributed by atoms with Gasteiger partial charge in [-0.05, 0) is 74.7 Å². The lowest BCUT2D eigenvalue weighted by Crippen LogP contribution is -2.26. The molecule has 1 aromatic carbocycles. The molecule has 5 rings (SSSR count). The zero-order valence-electron chi connectivity index (χ0n) is 18.2. The van der Waals surface area contributed by atoms with Gasteiger partial charge in [0.15, 0.2) is 0 Å². The Morgan fingerprint density at radius 1 is 1.09 bits per heavy atom. The Kier molecular flexibility index (Phi) is 5.89. The summed E-state index contributed by atoms with van der Waals surface area (Å²) in [7, 11) is 0. The Bertz CT molecular complexity index is 1180. The highest BCUT2D eigenvalue weighted by Gasteiger charge is 2.17. The highest BCUT2D eigenvalue weighted by molar-refractivity contribution is 5.78. The van der Waals surface area contributed by atoms with E-state index < -0.39 is 0 Å². The molecule has 0 bridgehead atoms. The molecule has 0 radical (unpaired) electrons. The van der Waals surface area contributed by atoms with Crippen LogP contribution >= 0.6 is 0 Å². The van der Waals surface area contributed by atoms with Gasteiger partial charge in [0.25, 0.3) is 0 Å². The summed E-state index contributed by atoms with van der Waals surface area (Å²) in [5.74, 6) is 1.18. The second-order valence-electron chi connectivity index (χ2n) is 8.03. The Morgan fingerprint density at radius 2 is 2.00 bits per heavy atom. The monoisotopic (exact) mass is 425 g/mol. The fraction of sp³-hybridized carbons (Fsp3) is 0.280. The van der Waals surface area contributed by atoms with Crippen molar-refractivity contribution in [2.45, 2.75) is 32.2 Å². The summed E-state index contributed by atoms with van der Waals surface area (Å²) in [5.41, 5.74) is 6.02. The molecule has 1 saturated heterocycles. The lowest BCUT2D eigenvalue weighted by Gasteiger charge is -2.23. The molecule has 1 fully saturated rings. The first-order valence-corrected chi connectivity index (χ1v) is 11.2. The number of piperidine rings is 1. The Hall–Kier alpha value is -3.58. The molecule has 1 aliphatic heterocycles. The van der Waals surface area contributed by atoms with Gasteiger partial charge in [-0.3, -0.25) is 9.67 Å². The van der Waals surface area contributed by atoms with Crippen molar-refractivity contribution in [3.8, 4) is 22.5 Å². The smallest absolute Gasteiger partial charge is 0.227 e. The molecule has 32 heavy (non-hydrogen) atoms. The first-order chi connectivity index (χ1) is 15.8. The maximum atomic E-state index is 4.81. The van der Waals surface area contributed by atoms with Crippen molar-refractivity contribution in [3.05, 3.63) is 72.8 Å². The zero-order valence-corrected chi connectivity index (χ0v) is 18.2. The van der Waals surface area contributed by atoms with E-state index in [2.05, 4.69) is 51.8 Å². The number of benzene rings is 1. The zero-order chi connectivity index (χ0) is 21.8. The highest BCUT2D eigenvalue weighted by Crippen LogP contribution is 2.31. The minimum atomic E-state index is 0.575. The van der Waals surface area contributed by atoms with Crippen LogP contribution in [0.25, 0.3) is 22.5 Å². The molecule has 2 N–H and O–H groups in total. The van der Waals surface area contributed by atoms with Crippen molar-refractivity contribution in [2.75, 3.05) is 18.4 Å². The van der Waals surface area contributed by atoms with Crippen molar-refractivity contribution in [3.63, 3.8) is 0 Å². The van der Waals surface area contributed by atoms with Crippen LogP contribution in [-0.4, -0.2) is 37.8 Å². The lowest BCUT2D eigenvalue weighted by atomic mass is 9.90. The number of anilines is 2. The average molecular weight is 426 g/mol. The van der Waals surface area contributed by atoms with E-state index in [1.165, 1.54) is 18.4 Å². The third-order valence-corrected chi connectivity index (χ3v) is 5.91. The molecular weight excluding hydrogens is 398 g/mol. The van der Waals surface area contributed by atoms with Crippen LogP contribution in [-0.2, 0) is 6.54 Å². The quantitative estimate of drug-likeness (QED) is 0.469. The van der Waals surface area contributed by atoms with E-state index in [9.17, 15) is 0 Å². The van der Waals surface area contributed by atoms with Crippen molar-refractivity contribution >= 4 is 11.6 Å². The van der Waals surface area contributed by atoms with Crippen molar-refractivity contribution in [1.29, 1.82) is 0 Å². The minimum absolute atomic E-state index is 0.575. The summed E-state index contributed by atoms with van der Waals surface area (Å²) in [6, 6.07) is 14.5. The number of nitrogens with one attached hydrogen (secondary N) is 2. The molecular formula is C25H27N7. The maximum Gasteiger partial charge on any atom is 0.227 e. The highest BCUT2D eigenvalue weighted by atomic mass is 15.3. The summed E-state index contributed by atoms with van der Waals surface area (Å²) >= 11 is 0. The number of hydrogen-bond donors (Lipinski definition) is 2. The number of pyridine rings is 1. The third kappa shape index (κ3) is 4.38. The predicted octanol–water partition coefficient (Wildman–Crippen LogP) is 4.63. The van der Waals surface area contributed by atoms with E-state index >= 15 is 0 Å². The minimum Gasteiger partial charge on any atom is -0.324 e. The van der Waals surface area contributed by atoms with Crippen molar-refractivity contribution in [2.24, 2.45) is 0 Å². The van der Waals surface area contributed by atoms with Crippen LogP contribution < -0.4 is 10.6 Å². The predicted molar refractivity (Wildman–Crippen MR) is 127 cm³/mol. The van der Waals surface area contributed by atoms with Gasteiger partial charge in [0.2, 0.25) is 5.95 Å². The van der Waals surface area contributed by atoms with E-state index in [0.717, 1.165) is 47.8 Å². The maximum absolute atomic E-state index is 4.81. The van der Waals surface area contributed by atoms with Crippen LogP contribution in [0.5, 0.6) is 0 Å². The van der Waals surface area contributed by atoms with Crippen LogP contribution in [0.3, 0.4) is 0 Å². The Balaban J connectivity index is 1.43. The normalized spacial score (nSPS) is 14.4. The fourth-order valence-electron chi connectivity index (χ4n) is 4.21. The lowest BCUT2D eigenvalue weighted by molar-refractivity contribution is 0.460. The molecule has 7 heteroatoms. The average Bonchev–Trinajstić information content (AvgIpc) is 3.30. The summed E-state index contributed by atoms with van der Waals surface area (Å²) in [5, 5.41) is 11.6. The first kappa shape index (κ1) is 20.3.